The van der Waals surface area contributed by atoms with E-state index in [0.717, 1.165) is 49.1 Å². The van der Waals surface area contributed by atoms with E-state index in [2.05, 4.69) is 47.5 Å². The lowest BCUT2D eigenvalue weighted by molar-refractivity contribution is 0.351. The predicted molar refractivity (Wildman–Crippen MR) is 110 cm³/mol. The summed E-state index contributed by atoms with van der Waals surface area (Å²) in [6.07, 6.45) is 1.15. The molecule has 144 valence electrons. The van der Waals surface area contributed by atoms with Crippen LogP contribution in [0, 0.1) is 0 Å². The summed E-state index contributed by atoms with van der Waals surface area (Å²) in [6, 6.07) is 16.7. The zero-order chi connectivity index (χ0) is 19.1. The zero-order valence-electron chi connectivity index (χ0n) is 16.4. The van der Waals surface area contributed by atoms with E-state index in [-0.39, 0.29) is 0 Å². The first-order chi connectivity index (χ1) is 13.3. The van der Waals surface area contributed by atoms with Gasteiger partial charge in [0.05, 0.1) is 20.8 Å². The van der Waals surface area contributed by atoms with Crippen LogP contribution < -0.4 is 14.8 Å². The van der Waals surface area contributed by atoms with Crippen molar-refractivity contribution in [2.75, 3.05) is 33.9 Å². The minimum absolute atomic E-state index is 0.551. The molecule has 1 fully saturated rings. The van der Waals surface area contributed by atoms with Crippen molar-refractivity contribution in [1.29, 1.82) is 0 Å². The second-order valence-corrected chi connectivity index (χ2v) is 6.67. The zero-order valence-corrected chi connectivity index (χ0v) is 16.4. The number of benzene rings is 2. The lowest BCUT2D eigenvalue weighted by Gasteiger charge is -2.22. The van der Waals surface area contributed by atoms with Gasteiger partial charge in [-0.15, -0.1) is 0 Å². The molecule has 0 aromatic heterocycles. The van der Waals surface area contributed by atoms with Crippen LogP contribution >= 0.6 is 0 Å². The Morgan fingerprint density at radius 3 is 2.63 bits per heavy atom. The van der Waals surface area contributed by atoms with Crippen molar-refractivity contribution in [2.24, 2.45) is 4.99 Å². The highest BCUT2D eigenvalue weighted by Gasteiger charge is 2.26. The number of guanidine groups is 1. The van der Waals surface area contributed by atoms with Crippen LogP contribution in [0.4, 0.5) is 0 Å². The summed E-state index contributed by atoms with van der Waals surface area (Å²) in [5, 5.41) is 3.44. The van der Waals surface area contributed by atoms with Crippen LogP contribution in [-0.4, -0.2) is 44.7 Å². The average molecular weight is 367 g/mol. The van der Waals surface area contributed by atoms with Crippen LogP contribution in [-0.2, 0) is 6.54 Å². The quantitative estimate of drug-likeness (QED) is 0.625. The molecule has 1 N–H and O–H groups in total. The molecule has 2 aromatic carbocycles. The molecule has 5 nitrogen and oxygen atoms in total. The molecule has 1 saturated heterocycles. The molecule has 5 heteroatoms. The standard InChI is InChI=1S/C22H29N3O2/c1-4-23-22(24-15-18-11-8-12-20(26-2)21(18)27-3)25-14-13-19(16-25)17-9-6-5-7-10-17/h5-12,19H,4,13-16H2,1-3H3,(H,23,24). The Kier molecular flexibility index (Phi) is 6.58. The number of likely N-dealkylation sites (tertiary alicyclic amines) is 1. The Morgan fingerprint density at radius 1 is 1.11 bits per heavy atom. The van der Waals surface area contributed by atoms with Crippen molar-refractivity contribution in [3.05, 3.63) is 59.7 Å². The smallest absolute Gasteiger partial charge is 0.194 e. The number of nitrogens with zero attached hydrogens (tertiary/aromatic N) is 2. The van der Waals surface area contributed by atoms with Gasteiger partial charge in [0.25, 0.3) is 0 Å². The summed E-state index contributed by atoms with van der Waals surface area (Å²) in [6.45, 7) is 5.51. The Bertz CT molecular complexity index is 761. The monoisotopic (exact) mass is 367 g/mol. The molecule has 1 unspecified atom stereocenters. The van der Waals surface area contributed by atoms with Gasteiger partial charge in [0, 0.05) is 31.1 Å². The predicted octanol–water partition coefficient (Wildman–Crippen LogP) is 3.66. The van der Waals surface area contributed by atoms with Gasteiger partial charge >= 0.3 is 0 Å². The molecule has 0 saturated carbocycles. The molecule has 1 heterocycles. The van der Waals surface area contributed by atoms with Crippen molar-refractivity contribution in [1.82, 2.24) is 10.2 Å². The maximum atomic E-state index is 5.53. The maximum absolute atomic E-state index is 5.53. The first-order valence-electron chi connectivity index (χ1n) is 9.54. The molecule has 2 aromatic rings. The van der Waals surface area contributed by atoms with Crippen LogP contribution in [0.5, 0.6) is 11.5 Å². The molecule has 1 atom stereocenters. The van der Waals surface area contributed by atoms with Gasteiger partial charge in [-0.2, -0.15) is 0 Å². The number of rotatable bonds is 6. The second kappa shape index (κ2) is 9.31. The van der Waals surface area contributed by atoms with Crippen LogP contribution in [0.3, 0.4) is 0 Å². The van der Waals surface area contributed by atoms with Gasteiger partial charge in [0.2, 0.25) is 0 Å². The van der Waals surface area contributed by atoms with Gasteiger partial charge in [0.15, 0.2) is 17.5 Å². The highest BCUT2D eigenvalue weighted by molar-refractivity contribution is 5.80. The van der Waals surface area contributed by atoms with E-state index < -0.39 is 0 Å². The van der Waals surface area contributed by atoms with Gasteiger partial charge in [0.1, 0.15) is 0 Å². The number of aliphatic imine (C=N–C) groups is 1. The van der Waals surface area contributed by atoms with E-state index in [9.17, 15) is 0 Å². The summed E-state index contributed by atoms with van der Waals surface area (Å²) < 4.78 is 10.9. The fraction of sp³-hybridized carbons (Fsp3) is 0.409. The van der Waals surface area contributed by atoms with Crippen molar-refractivity contribution >= 4 is 5.96 Å². The van der Waals surface area contributed by atoms with Gasteiger partial charge in [-0.1, -0.05) is 42.5 Å². The molecule has 27 heavy (non-hydrogen) atoms. The van der Waals surface area contributed by atoms with Crippen LogP contribution in [0.25, 0.3) is 0 Å². The average Bonchev–Trinajstić information content (AvgIpc) is 3.21. The lowest BCUT2D eigenvalue weighted by Crippen LogP contribution is -2.40. The summed E-state index contributed by atoms with van der Waals surface area (Å²) >= 11 is 0. The number of hydrogen-bond acceptors (Lipinski definition) is 3. The molecule has 0 bridgehead atoms. The van der Waals surface area contributed by atoms with Crippen molar-refractivity contribution in [2.45, 2.75) is 25.8 Å². The molecule has 1 aliphatic rings. The largest absolute Gasteiger partial charge is 0.493 e. The number of para-hydroxylation sites is 1. The number of nitrogens with one attached hydrogen (secondary N) is 1. The highest BCUT2D eigenvalue weighted by Crippen LogP contribution is 2.31. The molecule has 0 amide bonds. The Morgan fingerprint density at radius 2 is 1.93 bits per heavy atom. The minimum Gasteiger partial charge on any atom is -0.493 e. The van der Waals surface area contributed by atoms with Crippen molar-refractivity contribution < 1.29 is 9.47 Å². The fourth-order valence-corrected chi connectivity index (χ4v) is 3.61. The summed E-state index contributed by atoms with van der Waals surface area (Å²) in [4.78, 5) is 7.23. The van der Waals surface area contributed by atoms with E-state index in [0.29, 0.717) is 12.5 Å². The third-order valence-electron chi connectivity index (χ3n) is 4.98. The molecule has 0 spiro atoms. The van der Waals surface area contributed by atoms with E-state index in [1.54, 1.807) is 14.2 Å². The first-order valence-corrected chi connectivity index (χ1v) is 9.54. The Labute approximate surface area is 162 Å². The van der Waals surface area contributed by atoms with Crippen LogP contribution in [0.15, 0.2) is 53.5 Å². The summed E-state index contributed by atoms with van der Waals surface area (Å²) in [7, 11) is 3.32. The third-order valence-corrected chi connectivity index (χ3v) is 4.98. The normalized spacial score (nSPS) is 17.1. The van der Waals surface area contributed by atoms with Crippen molar-refractivity contribution in [3.8, 4) is 11.5 Å². The molecule has 1 aliphatic heterocycles. The van der Waals surface area contributed by atoms with Crippen LogP contribution in [0.2, 0.25) is 0 Å². The molecular weight excluding hydrogens is 338 g/mol. The van der Waals surface area contributed by atoms with E-state index in [1.807, 2.05) is 18.2 Å². The van der Waals surface area contributed by atoms with E-state index >= 15 is 0 Å². The lowest BCUT2D eigenvalue weighted by atomic mass is 9.99. The van der Waals surface area contributed by atoms with Crippen molar-refractivity contribution in [3.63, 3.8) is 0 Å². The minimum atomic E-state index is 0.551. The molecule has 0 aliphatic carbocycles. The van der Waals surface area contributed by atoms with Gasteiger partial charge < -0.3 is 19.7 Å². The van der Waals surface area contributed by atoms with Gasteiger partial charge in [-0.25, -0.2) is 4.99 Å². The maximum Gasteiger partial charge on any atom is 0.194 e. The SMILES string of the molecule is CCNC(=NCc1cccc(OC)c1OC)N1CCC(c2ccccc2)C1. The van der Waals surface area contributed by atoms with Crippen LogP contribution in [0.1, 0.15) is 30.4 Å². The van der Waals surface area contributed by atoms with E-state index in [1.165, 1.54) is 5.56 Å². The number of ether oxygens (including phenoxy) is 2. The summed E-state index contributed by atoms with van der Waals surface area (Å²) in [5.41, 5.74) is 2.43. The molecule has 3 rings (SSSR count). The van der Waals surface area contributed by atoms with Gasteiger partial charge in [-0.05, 0) is 25.0 Å². The van der Waals surface area contributed by atoms with E-state index in [4.69, 9.17) is 14.5 Å². The summed E-state index contributed by atoms with van der Waals surface area (Å²) in [5.74, 6) is 3.01. The molecular formula is C22H29N3O2. The number of hydrogen-bond donors (Lipinski definition) is 1. The fourth-order valence-electron chi connectivity index (χ4n) is 3.61. The third kappa shape index (κ3) is 4.54. The Balaban J connectivity index is 1.74. The highest BCUT2D eigenvalue weighted by atomic mass is 16.5. The first kappa shape index (κ1) is 19.1. The van der Waals surface area contributed by atoms with Gasteiger partial charge in [-0.3, -0.25) is 0 Å². The Hall–Kier alpha value is -2.69. The second-order valence-electron chi connectivity index (χ2n) is 6.67. The topological polar surface area (TPSA) is 46.1 Å². The number of methoxy groups -OCH3 is 2. The molecule has 0 radical (unpaired) electrons.